The maximum absolute atomic E-state index is 12.1. The average molecular weight is 266 g/mol. The van der Waals surface area contributed by atoms with Gasteiger partial charge in [-0.05, 0) is 0 Å². The number of nitro groups is 1. The van der Waals surface area contributed by atoms with Crippen LogP contribution >= 0.6 is 11.6 Å². The van der Waals surface area contributed by atoms with Gasteiger partial charge < -0.3 is 0 Å². The number of benzene rings is 1. The van der Waals surface area contributed by atoms with Gasteiger partial charge in [0.25, 0.3) is 0 Å². The number of carbonyl (C=O) groups excluding carboxylic acids is 1. The minimum Gasteiger partial charge on any atom is -0.286 e. The number of rotatable bonds is 3. The second-order valence-electron chi connectivity index (χ2n) is 3.56. The van der Waals surface area contributed by atoms with Crippen molar-refractivity contribution in [3.8, 4) is 0 Å². The van der Waals surface area contributed by atoms with Gasteiger partial charge in [0.1, 0.15) is 0 Å². The average Bonchev–Trinajstić information content (AvgIpc) is 2.66. The summed E-state index contributed by atoms with van der Waals surface area (Å²) in [6.07, 6.45) is 0. The molecule has 0 N–H and O–H groups in total. The summed E-state index contributed by atoms with van der Waals surface area (Å²) in [5.74, 6) is -0.523. The van der Waals surface area contributed by atoms with E-state index >= 15 is 0 Å². The summed E-state index contributed by atoms with van der Waals surface area (Å²) in [6.45, 7) is 0. The Balaban J connectivity index is 2.56. The molecule has 1 heterocycles. The van der Waals surface area contributed by atoms with Crippen LogP contribution in [-0.2, 0) is 7.05 Å². The van der Waals surface area contributed by atoms with E-state index in [1.165, 1.54) is 7.05 Å². The van der Waals surface area contributed by atoms with Crippen LogP contribution in [0.25, 0.3) is 0 Å². The number of aromatic nitrogens is 2. The standard InChI is InChI=1S/C11H8ClN3O3/c1-14-11(12)9(15(17)18)8(13-14)10(16)7-5-3-2-4-6-7/h2-6H,1H3. The Morgan fingerprint density at radius 3 is 2.56 bits per heavy atom. The van der Waals surface area contributed by atoms with Crippen LogP contribution in [0, 0.1) is 10.1 Å². The summed E-state index contributed by atoms with van der Waals surface area (Å²) in [7, 11) is 1.44. The number of carbonyl (C=O) groups is 1. The number of halogens is 1. The Morgan fingerprint density at radius 2 is 2.00 bits per heavy atom. The Labute approximate surface area is 107 Å². The quantitative estimate of drug-likeness (QED) is 0.484. The molecule has 0 radical (unpaired) electrons. The number of ketones is 1. The second kappa shape index (κ2) is 4.58. The van der Waals surface area contributed by atoms with Crippen molar-refractivity contribution < 1.29 is 9.72 Å². The lowest BCUT2D eigenvalue weighted by Gasteiger charge is -1.96. The van der Waals surface area contributed by atoms with Crippen LogP contribution in [0.3, 0.4) is 0 Å². The third kappa shape index (κ3) is 1.98. The van der Waals surface area contributed by atoms with Gasteiger partial charge in [-0.3, -0.25) is 19.6 Å². The van der Waals surface area contributed by atoms with Crippen molar-refractivity contribution >= 4 is 23.1 Å². The fourth-order valence-corrected chi connectivity index (χ4v) is 1.73. The van der Waals surface area contributed by atoms with Gasteiger partial charge in [0.05, 0.1) is 4.92 Å². The topological polar surface area (TPSA) is 78.0 Å². The number of nitrogens with zero attached hydrogens (tertiary/aromatic N) is 3. The third-order valence-electron chi connectivity index (χ3n) is 2.39. The maximum atomic E-state index is 12.1. The van der Waals surface area contributed by atoms with E-state index in [0.717, 1.165) is 4.68 Å². The predicted molar refractivity (Wildman–Crippen MR) is 64.7 cm³/mol. The molecule has 0 unspecified atom stereocenters. The molecule has 0 amide bonds. The van der Waals surface area contributed by atoms with E-state index in [-0.39, 0.29) is 10.8 Å². The van der Waals surface area contributed by atoms with E-state index in [2.05, 4.69) is 5.10 Å². The molecule has 0 saturated heterocycles. The van der Waals surface area contributed by atoms with Crippen molar-refractivity contribution in [2.75, 3.05) is 0 Å². The highest BCUT2D eigenvalue weighted by atomic mass is 35.5. The number of hydrogen-bond acceptors (Lipinski definition) is 4. The molecule has 2 rings (SSSR count). The molecular weight excluding hydrogens is 258 g/mol. The predicted octanol–water partition coefficient (Wildman–Crippen LogP) is 2.21. The van der Waals surface area contributed by atoms with E-state index in [1.807, 2.05) is 0 Å². The van der Waals surface area contributed by atoms with Gasteiger partial charge in [-0.2, -0.15) is 5.10 Å². The molecule has 0 spiro atoms. The van der Waals surface area contributed by atoms with Crippen LogP contribution in [0.5, 0.6) is 0 Å². The molecular formula is C11H8ClN3O3. The highest BCUT2D eigenvalue weighted by Crippen LogP contribution is 2.29. The van der Waals surface area contributed by atoms with E-state index in [4.69, 9.17) is 11.6 Å². The van der Waals surface area contributed by atoms with E-state index in [9.17, 15) is 14.9 Å². The Bertz CT molecular complexity index is 622. The van der Waals surface area contributed by atoms with Crippen LogP contribution in [0.15, 0.2) is 30.3 Å². The normalized spacial score (nSPS) is 10.3. The zero-order valence-corrected chi connectivity index (χ0v) is 10.1. The van der Waals surface area contributed by atoms with Crippen molar-refractivity contribution in [3.63, 3.8) is 0 Å². The van der Waals surface area contributed by atoms with Crippen molar-refractivity contribution in [3.05, 3.63) is 56.9 Å². The molecule has 0 saturated carbocycles. The van der Waals surface area contributed by atoms with Crippen LogP contribution in [-0.4, -0.2) is 20.5 Å². The van der Waals surface area contributed by atoms with Crippen molar-refractivity contribution in [1.29, 1.82) is 0 Å². The summed E-state index contributed by atoms with van der Waals surface area (Å²) in [4.78, 5) is 22.3. The molecule has 0 atom stereocenters. The molecule has 0 bridgehead atoms. The summed E-state index contributed by atoms with van der Waals surface area (Å²) in [5.41, 5.74) is -0.387. The summed E-state index contributed by atoms with van der Waals surface area (Å²) < 4.78 is 1.11. The zero-order chi connectivity index (χ0) is 13.3. The van der Waals surface area contributed by atoms with E-state index < -0.39 is 16.4 Å². The van der Waals surface area contributed by atoms with Crippen molar-refractivity contribution in [2.24, 2.45) is 7.05 Å². The fourth-order valence-electron chi connectivity index (χ4n) is 1.53. The molecule has 0 aliphatic heterocycles. The fraction of sp³-hybridized carbons (Fsp3) is 0.0909. The zero-order valence-electron chi connectivity index (χ0n) is 9.33. The minimum absolute atomic E-state index is 0.167. The lowest BCUT2D eigenvalue weighted by molar-refractivity contribution is -0.385. The molecule has 7 heteroatoms. The van der Waals surface area contributed by atoms with Gasteiger partial charge in [-0.15, -0.1) is 0 Å². The van der Waals surface area contributed by atoms with Gasteiger partial charge in [-0.25, -0.2) is 0 Å². The molecule has 0 aliphatic carbocycles. The molecule has 1 aromatic heterocycles. The first-order valence-corrected chi connectivity index (χ1v) is 5.36. The van der Waals surface area contributed by atoms with Gasteiger partial charge in [0, 0.05) is 12.6 Å². The van der Waals surface area contributed by atoms with Crippen molar-refractivity contribution in [1.82, 2.24) is 9.78 Å². The second-order valence-corrected chi connectivity index (χ2v) is 3.92. The lowest BCUT2D eigenvalue weighted by Crippen LogP contribution is -2.05. The molecule has 0 aliphatic rings. The molecule has 2 aromatic rings. The van der Waals surface area contributed by atoms with Gasteiger partial charge in [-0.1, -0.05) is 41.9 Å². The maximum Gasteiger partial charge on any atom is 0.337 e. The van der Waals surface area contributed by atoms with Crippen LogP contribution in [0.2, 0.25) is 5.15 Å². The largest absolute Gasteiger partial charge is 0.337 e. The van der Waals surface area contributed by atoms with Crippen LogP contribution in [0.1, 0.15) is 16.1 Å². The van der Waals surface area contributed by atoms with Gasteiger partial charge in [0.15, 0.2) is 0 Å². The highest BCUT2D eigenvalue weighted by Gasteiger charge is 2.30. The van der Waals surface area contributed by atoms with Crippen molar-refractivity contribution in [2.45, 2.75) is 0 Å². The summed E-state index contributed by atoms with van der Waals surface area (Å²) >= 11 is 5.75. The third-order valence-corrected chi connectivity index (χ3v) is 2.81. The van der Waals surface area contributed by atoms with E-state index in [0.29, 0.717) is 5.56 Å². The first-order valence-electron chi connectivity index (χ1n) is 4.99. The number of hydrogen-bond donors (Lipinski definition) is 0. The monoisotopic (exact) mass is 265 g/mol. The molecule has 92 valence electrons. The minimum atomic E-state index is -0.703. The van der Waals surface area contributed by atoms with Crippen LogP contribution < -0.4 is 0 Å². The van der Waals surface area contributed by atoms with E-state index in [1.54, 1.807) is 30.3 Å². The Kier molecular flexibility index (Phi) is 3.12. The first-order chi connectivity index (χ1) is 8.52. The van der Waals surface area contributed by atoms with Crippen LogP contribution in [0.4, 0.5) is 5.69 Å². The van der Waals surface area contributed by atoms with Gasteiger partial charge >= 0.3 is 5.69 Å². The molecule has 1 aromatic carbocycles. The Morgan fingerprint density at radius 1 is 1.39 bits per heavy atom. The molecule has 18 heavy (non-hydrogen) atoms. The highest BCUT2D eigenvalue weighted by molar-refractivity contribution is 6.32. The lowest BCUT2D eigenvalue weighted by atomic mass is 10.1. The summed E-state index contributed by atoms with van der Waals surface area (Å²) in [5, 5.41) is 14.5. The SMILES string of the molecule is Cn1nc(C(=O)c2ccccc2)c([N+](=O)[O-])c1Cl. The van der Waals surface area contributed by atoms with Gasteiger partial charge in [0.2, 0.25) is 16.6 Å². The number of aryl methyl sites for hydroxylation is 1. The molecule has 0 fully saturated rings. The smallest absolute Gasteiger partial charge is 0.286 e. The first kappa shape index (κ1) is 12.3. The summed E-state index contributed by atoms with van der Waals surface area (Å²) in [6, 6.07) is 8.22. The molecule has 6 nitrogen and oxygen atoms in total. The Hall–Kier alpha value is -2.21.